The zero-order chi connectivity index (χ0) is 12.3. The van der Waals surface area contributed by atoms with Crippen LogP contribution in [0.15, 0.2) is 0 Å². The predicted octanol–water partition coefficient (Wildman–Crippen LogP) is -0.281. The summed E-state index contributed by atoms with van der Waals surface area (Å²) in [6.45, 7) is 12.8. The van der Waals surface area contributed by atoms with E-state index in [9.17, 15) is 0 Å². The van der Waals surface area contributed by atoms with E-state index in [1.165, 1.54) is 0 Å². The summed E-state index contributed by atoms with van der Waals surface area (Å²) in [6.07, 6.45) is 0. The molecule has 0 saturated heterocycles. The molecule has 0 fully saturated rings. The van der Waals surface area contributed by atoms with Gasteiger partial charge in [0.2, 0.25) is 0 Å². The molecule has 0 aliphatic rings. The fraction of sp³-hybridized carbons (Fsp3) is 1.00. The first kappa shape index (κ1) is 15.9. The van der Waals surface area contributed by atoms with Gasteiger partial charge in [0, 0.05) is 0 Å². The van der Waals surface area contributed by atoms with E-state index in [-0.39, 0.29) is 0 Å². The van der Waals surface area contributed by atoms with Crippen LogP contribution in [0, 0.1) is 0 Å². The first-order valence-corrected chi connectivity index (χ1v) is 15.1. The topological polar surface area (TPSA) is 36.9 Å². The summed E-state index contributed by atoms with van der Waals surface area (Å²) in [5.41, 5.74) is 0. The zero-order valence-corrected chi connectivity index (χ0v) is 18.1. The first-order chi connectivity index (χ1) is 6.54. The van der Waals surface area contributed by atoms with Crippen molar-refractivity contribution >= 4 is 46.7 Å². The molecular weight excluding hydrogens is 276 g/mol. The molecule has 0 heterocycles. The van der Waals surface area contributed by atoms with Gasteiger partial charge in [-0.1, -0.05) is 0 Å². The lowest BCUT2D eigenvalue weighted by Gasteiger charge is -2.36. The summed E-state index contributed by atoms with van der Waals surface area (Å²) >= 11 is 0. The van der Waals surface area contributed by atoms with Crippen molar-refractivity contribution in [1.29, 1.82) is 0 Å². The molecule has 0 bridgehead atoms. The van der Waals surface area contributed by atoms with Crippen molar-refractivity contribution in [2.75, 3.05) is 0 Å². The lowest BCUT2D eigenvalue weighted by molar-refractivity contribution is 0.168. The largest absolute Gasteiger partial charge is 0.635 e. The lowest BCUT2D eigenvalue weighted by atomic mass is 11.8. The van der Waals surface area contributed by atoms with E-state index >= 15 is 0 Å². The number of hydrogen-bond donors (Lipinski definition) is 0. The van der Waals surface area contributed by atoms with Crippen LogP contribution in [0.25, 0.3) is 0 Å². The van der Waals surface area contributed by atoms with Crippen molar-refractivity contribution in [3.8, 4) is 0 Å². The molecule has 0 aromatic heterocycles. The Balaban J connectivity index is 4.74. The van der Waals surface area contributed by atoms with Crippen LogP contribution in [-0.4, -0.2) is 46.7 Å². The molecule has 0 N–H and O–H groups in total. The molecule has 0 aromatic rings. The van der Waals surface area contributed by atoms with Gasteiger partial charge in [-0.3, -0.25) is 0 Å². The Kier molecular flexibility index (Phi) is 5.85. The maximum Gasteiger partial charge on any atom is 0.635 e. The Bertz CT molecular complexity index is 177. The van der Waals surface area contributed by atoms with Crippen molar-refractivity contribution in [1.82, 2.24) is 0 Å². The third-order valence-corrected chi connectivity index (χ3v) is 12.3. The highest BCUT2D eigenvalue weighted by Crippen LogP contribution is 2.21. The first-order valence-electron chi connectivity index (χ1n) is 5.04. The third kappa shape index (κ3) is 6.96. The van der Waals surface area contributed by atoms with Crippen molar-refractivity contribution < 1.29 is 16.5 Å². The summed E-state index contributed by atoms with van der Waals surface area (Å²) in [5, 5.41) is 0. The summed E-state index contributed by atoms with van der Waals surface area (Å²) < 4.78 is 23.1. The normalized spacial score (nSPS) is 14.8. The molecule has 9 heteroatoms. The Labute approximate surface area is 102 Å². The van der Waals surface area contributed by atoms with Gasteiger partial charge in [-0.25, -0.2) is 0 Å². The molecule has 0 aliphatic heterocycles. The summed E-state index contributed by atoms with van der Waals surface area (Å²) in [7, 11) is -4.94. The van der Waals surface area contributed by atoms with Crippen LogP contribution in [0.5, 0.6) is 0 Å². The van der Waals surface area contributed by atoms with Gasteiger partial charge in [-0.15, -0.1) is 0 Å². The van der Waals surface area contributed by atoms with Crippen LogP contribution in [0.4, 0.5) is 0 Å². The van der Waals surface area contributed by atoms with E-state index in [1.807, 2.05) is 0 Å². The highest BCUT2D eigenvalue weighted by Gasteiger charge is 2.48. The maximum atomic E-state index is 6.02. The van der Waals surface area contributed by atoms with Gasteiger partial charge < -0.3 is 16.5 Å². The highest BCUT2D eigenvalue weighted by molar-refractivity contribution is 6.85. The zero-order valence-electron chi connectivity index (χ0n) is 11.1. The van der Waals surface area contributed by atoms with Crippen molar-refractivity contribution in [3.63, 3.8) is 0 Å². The van der Waals surface area contributed by atoms with Crippen LogP contribution in [0.2, 0.25) is 39.3 Å². The molecular formula is C6H24O4Si5. The second-order valence-corrected chi connectivity index (χ2v) is 19.7. The van der Waals surface area contributed by atoms with Crippen LogP contribution in [-0.2, 0) is 16.5 Å². The monoisotopic (exact) mass is 300 g/mol. The summed E-state index contributed by atoms with van der Waals surface area (Å²) in [6, 6.07) is 0. The average molecular weight is 301 g/mol. The van der Waals surface area contributed by atoms with Crippen molar-refractivity contribution in [2.24, 2.45) is 0 Å². The Morgan fingerprint density at radius 3 is 1.07 bits per heavy atom. The standard InChI is InChI=1S/C6H24O4Si5/c1-13(2,3)9-15(7-11,8-12)10-14(4,5)6/h1-6,11-12H3. The lowest BCUT2D eigenvalue weighted by Crippen LogP contribution is -2.58. The Hall–Kier alpha value is 0.924. The van der Waals surface area contributed by atoms with Gasteiger partial charge in [0.1, 0.15) is 21.0 Å². The average Bonchev–Trinajstić information content (AvgIpc) is 1.98. The molecule has 0 aliphatic carbocycles. The quantitative estimate of drug-likeness (QED) is 0.632. The van der Waals surface area contributed by atoms with E-state index < -0.39 is 25.7 Å². The molecule has 0 saturated carbocycles. The van der Waals surface area contributed by atoms with E-state index in [1.54, 1.807) is 0 Å². The molecule has 92 valence electrons. The number of hydrogen-bond acceptors (Lipinski definition) is 4. The van der Waals surface area contributed by atoms with Crippen molar-refractivity contribution in [3.05, 3.63) is 0 Å². The number of rotatable bonds is 6. The summed E-state index contributed by atoms with van der Waals surface area (Å²) in [4.78, 5) is 0. The van der Waals surface area contributed by atoms with Crippen molar-refractivity contribution in [2.45, 2.75) is 39.3 Å². The third-order valence-electron chi connectivity index (χ3n) is 1.36. The molecule has 0 atom stereocenters. The SMILES string of the molecule is C[Si](C)(C)O[Si](O[SiH3])(O[SiH3])O[Si](C)(C)C. The van der Waals surface area contributed by atoms with Gasteiger partial charge in [-0.2, -0.15) is 0 Å². The second kappa shape index (κ2) is 5.51. The van der Waals surface area contributed by atoms with Crippen LogP contribution < -0.4 is 0 Å². The molecule has 0 amide bonds. The van der Waals surface area contributed by atoms with E-state index in [4.69, 9.17) is 16.5 Å². The Morgan fingerprint density at radius 2 is 0.933 bits per heavy atom. The molecule has 15 heavy (non-hydrogen) atoms. The van der Waals surface area contributed by atoms with Gasteiger partial charge >= 0.3 is 9.05 Å². The molecule has 0 unspecified atom stereocenters. The molecule has 0 aromatic carbocycles. The molecule has 0 radical (unpaired) electrons. The Morgan fingerprint density at radius 1 is 0.667 bits per heavy atom. The van der Waals surface area contributed by atoms with E-state index in [2.05, 4.69) is 39.3 Å². The van der Waals surface area contributed by atoms with E-state index in [0.29, 0.717) is 21.0 Å². The molecule has 0 spiro atoms. The van der Waals surface area contributed by atoms with Crippen LogP contribution in [0.3, 0.4) is 0 Å². The van der Waals surface area contributed by atoms with Crippen LogP contribution in [0.1, 0.15) is 0 Å². The maximum absolute atomic E-state index is 6.02. The summed E-state index contributed by atoms with van der Waals surface area (Å²) in [5.74, 6) is 0. The van der Waals surface area contributed by atoms with Gasteiger partial charge in [0.15, 0.2) is 16.6 Å². The smallest absolute Gasteiger partial charge is 0.404 e. The minimum Gasteiger partial charge on any atom is -0.404 e. The van der Waals surface area contributed by atoms with Crippen LogP contribution >= 0.6 is 0 Å². The van der Waals surface area contributed by atoms with Gasteiger partial charge in [0.25, 0.3) is 0 Å². The molecule has 0 rings (SSSR count). The predicted molar refractivity (Wildman–Crippen MR) is 76.7 cm³/mol. The fourth-order valence-corrected chi connectivity index (χ4v) is 14.1. The minimum absolute atomic E-state index is 0.596. The molecule has 4 nitrogen and oxygen atoms in total. The highest BCUT2D eigenvalue weighted by atomic mass is 28.5. The van der Waals surface area contributed by atoms with Gasteiger partial charge in [0.05, 0.1) is 0 Å². The van der Waals surface area contributed by atoms with E-state index in [0.717, 1.165) is 0 Å². The minimum atomic E-state index is -2.77. The van der Waals surface area contributed by atoms with Gasteiger partial charge in [-0.05, 0) is 39.3 Å². The second-order valence-electron chi connectivity index (χ2n) is 5.34. The fourth-order valence-electron chi connectivity index (χ4n) is 1.02.